The van der Waals surface area contributed by atoms with Crippen molar-refractivity contribution in [3.8, 4) is 0 Å². The minimum absolute atomic E-state index is 0.188. The second kappa shape index (κ2) is 6.64. The molecule has 0 rings (SSSR count). The van der Waals surface area contributed by atoms with Crippen LogP contribution < -0.4 is 0 Å². The molecule has 0 spiro atoms. The zero-order valence-corrected chi connectivity index (χ0v) is 8.81. The highest BCUT2D eigenvalue weighted by Crippen LogP contribution is 2.16. The molecule has 0 N–H and O–H groups in total. The van der Waals surface area contributed by atoms with Gasteiger partial charge in [0, 0.05) is 5.92 Å². The number of carbonyl (C=O) groups excluding carboxylic acids is 1. The predicted octanol–water partition coefficient (Wildman–Crippen LogP) is 3.51. The zero-order chi connectivity index (χ0) is 10.3. The summed E-state index contributed by atoms with van der Waals surface area (Å²) in [7, 11) is 0. The maximum atomic E-state index is 10.7. The van der Waals surface area contributed by atoms with Crippen molar-refractivity contribution < 1.29 is 4.79 Å². The Hall–Kier alpha value is -0.850. The molecule has 0 bridgehead atoms. The van der Waals surface area contributed by atoms with Crippen molar-refractivity contribution in [1.82, 2.24) is 0 Å². The Labute approximate surface area is 81.5 Å². The van der Waals surface area contributed by atoms with Crippen molar-refractivity contribution in [3.05, 3.63) is 24.3 Å². The fourth-order valence-corrected chi connectivity index (χ4v) is 1.14. The molecule has 0 amide bonds. The van der Waals surface area contributed by atoms with Gasteiger partial charge in [-0.05, 0) is 39.5 Å². The van der Waals surface area contributed by atoms with E-state index in [-0.39, 0.29) is 5.92 Å². The van der Waals surface area contributed by atoms with Crippen molar-refractivity contribution in [2.24, 2.45) is 5.92 Å². The molecular weight excluding hydrogens is 160 g/mol. The average molecular weight is 180 g/mol. The number of aldehydes is 1. The van der Waals surface area contributed by atoms with E-state index in [1.807, 2.05) is 13.8 Å². The van der Waals surface area contributed by atoms with Gasteiger partial charge in [0.15, 0.2) is 0 Å². The van der Waals surface area contributed by atoms with E-state index < -0.39 is 0 Å². The Bertz CT molecular complexity index is 173. The second-order valence-corrected chi connectivity index (χ2v) is 3.89. The summed E-state index contributed by atoms with van der Waals surface area (Å²) >= 11 is 0. The van der Waals surface area contributed by atoms with E-state index in [4.69, 9.17) is 0 Å². The van der Waals surface area contributed by atoms with Crippen LogP contribution in [0.15, 0.2) is 24.3 Å². The third kappa shape index (κ3) is 7.51. The van der Waals surface area contributed by atoms with Gasteiger partial charge in [0.1, 0.15) is 6.29 Å². The highest BCUT2D eigenvalue weighted by Gasteiger charge is 2.06. The summed E-state index contributed by atoms with van der Waals surface area (Å²) in [6.07, 6.45) is 4.85. The summed E-state index contributed by atoms with van der Waals surface area (Å²) in [5.41, 5.74) is 2.31. The molecular formula is C12H20O. The smallest absolute Gasteiger partial charge is 0.123 e. The van der Waals surface area contributed by atoms with Crippen molar-refractivity contribution in [2.75, 3.05) is 0 Å². The van der Waals surface area contributed by atoms with E-state index >= 15 is 0 Å². The molecule has 0 saturated carbocycles. The highest BCUT2D eigenvalue weighted by atomic mass is 16.1. The van der Waals surface area contributed by atoms with Gasteiger partial charge in [-0.3, -0.25) is 0 Å². The molecule has 0 saturated heterocycles. The summed E-state index contributed by atoms with van der Waals surface area (Å²) in [4.78, 5) is 10.7. The van der Waals surface area contributed by atoms with Crippen LogP contribution in [0.5, 0.6) is 0 Å². The highest BCUT2D eigenvalue weighted by molar-refractivity contribution is 5.53. The predicted molar refractivity (Wildman–Crippen MR) is 57.7 cm³/mol. The first kappa shape index (κ1) is 12.2. The number of allylic oxidation sites excluding steroid dienone is 2. The molecule has 0 heterocycles. The van der Waals surface area contributed by atoms with Crippen molar-refractivity contribution in [3.63, 3.8) is 0 Å². The van der Waals surface area contributed by atoms with Crippen LogP contribution >= 0.6 is 0 Å². The van der Waals surface area contributed by atoms with Crippen LogP contribution in [0.1, 0.15) is 39.5 Å². The third-order valence-electron chi connectivity index (χ3n) is 2.08. The fraction of sp³-hybridized carbons (Fsp3) is 0.583. The average Bonchev–Trinajstić information content (AvgIpc) is 2.04. The lowest BCUT2D eigenvalue weighted by Crippen LogP contribution is -2.02. The lowest BCUT2D eigenvalue weighted by molar-refractivity contribution is -0.111. The van der Waals surface area contributed by atoms with E-state index in [1.54, 1.807) is 0 Å². The van der Waals surface area contributed by atoms with E-state index in [2.05, 4.69) is 13.2 Å². The van der Waals surface area contributed by atoms with Gasteiger partial charge < -0.3 is 4.79 Å². The molecule has 0 aromatic carbocycles. The molecule has 0 aromatic heterocycles. The summed E-state index contributed by atoms with van der Waals surface area (Å²) < 4.78 is 0. The second-order valence-electron chi connectivity index (χ2n) is 3.89. The van der Waals surface area contributed by atoms with Crippen molar-refractivity contribution in [1.29, 1.82) is 0 Å². The molecule has 0 aliphatic carbocycles. The van der Waals surface area contributed by atoms with Gasteiger partial charge in [-0.1, -0.05) is 11.1 Å². The lowest BCUT2D eigenvalue weighted by Gasteiger charge is -2.09. The van der Waals surface area contributed by atoms with Crippen LogP contribution in [0.25, 0.3) is 0 Å². The molecule has 0 atom stereocenters. The van der Waals surface area contributed by atoms with Gasteiger partial charge in [0.05, 0.1) is 0 Å². The molecule has 0 aromatic rings. The van der Waals surface area contributed by atoms with Crippen LogP contribution in [0.2, 0.25) is 0 Å². The number of hydrogen-bond donors (Lipinski definition) is 0. The molecule has 0 aliphatic rings. The number of hydrogen-bond acceptors (Lipinski definition) is 1. The molecule has 1 nitrogen and oxygen atoms in total. The van der Waals surface area contributed by atoms with Gasteiger partial charge in [0.25, 0.3) is 0 Å². The van der Waals surface area contributed by atoms with Gasteiger partial charge in [-0.25, -0.2) is 0 Å². The van der Waals surface area contributed by atoms with E-state index in [1.165, 1.54) is 0 Å². The first-order valence-electron chi connectivity index (χ1n) is 4.80. The maximum absolute atomic E-state index is 10.7. The van der Waals surface area contributed by atoms with E-state index in [0.717, 1.165) is 43.1 Å². The maximum Gasteiger partial charge on any atom is 0.123 e. The Kier molecular flexibility index (Phi) is 6.21. The zero-order valence-electron chi connectivity index (χ0n) is 8.81. The quantitative estimate of drug-likeness (QED) is 0.433. The normalized spacial score (nSPS) is 10.1. The summed E-state index contributed by atoms with van der Waals surface area (Å²) in [5.74, 6) is 0.188. The van der Waals surface area contributed by atoms with Gasteiger partial charge in [0.2, 0.25) is 0 Å². The van der Waals surface area contributed by atoms with E-state index in [0.29, 0.717) is 0 Å². The number of rotatable bonds is 7. The molecule has 0 fully saturated rings. The molecule has 0 radical (unpaired) electrons. The first-order valence-corrected chi connectivity index (χ1v) is 4.80. The lowest BCUT2D eigenvalue weighted by atomic mass is 9.96. The fourth-order valence-electron chi connectivity index (χ4n) is 1.14. The Balaban J connectivity index is 3.69. The minimum atomic E-state index is 0.188. The summed E-state index contributed by atoms with van der Waals surface area (Å²) in [5, 5.41) is 0. The van der Waals surface area contributed by atoms with Gasteiger partial charge in [-0.15, -0.1) is 13.2 Å². The van der Waals surface area contributed by atoms with E-state index in [9.17, 15) is 4.79 Å². The largest absolute Gasteiger partial charge is 0.303 e. The third-order valence-corrected chi connectivity index (χ3v) is 2.08. The molecule has 13 heavy (non-hydrogen) atoms. The van der Waals surface area contributed by atoms with Crippen molar-refractivity contribution in [2.45, 2.75) is 39.5 Å². The van der Waals surface area contributed by atoms with Gasteiger partial charge in [-0.2, -0.15) is 0 Å². The Morgan fingerprint density at radius 3 is 1.77 bits per heavy atom. The minimum Gasteiger partial charge on any atom is -0.303 e. The van der Waals surface area contributed by atoms with Crippen LogP contribution in [-0.4, -0.2) is 6.29 Å². The SMILES string of the molecule is C=C(C)CCC(C=O)CCC(=C)C. The van der Waals surface area contributed by atoms with Gasteiger partial charge >= 0.3 is 0 Å². The first-order chi connectivity index (χ1) is 6.06. The molecule has 0 aliphatic heterocycles. The van der Waals surface area contributed by atoms with Crippen molar-refractivity contribution >= 4 is 6.29 Å². The summed E-state index contributed by atoms with van der Waals surface area (Å²) in [6, 6.07) is 0. The molecule has 1 heteroatoms. The standard InChI is InChI=1S/C12H20O/c1-10(2)5-7-12(9-13)8-6-11(3)4/h9,12H,1,3,5-8H2,2,4H3. The topological polar surface area (TPSA) is 17.1 Å². The summed E-state index contributed by atoms with van der Waals surface area (Å²) in [6.45, 7) is 11.6. The van der Waals surface area contributed by atoms with Crippen LogP contribution in [0.4, 0.5) is 0 Å². The Morgan fingerprint density at radius 1 is 1.15 bits per heavy atom. The van der Waals surface area contributed by atoms with Crippen LogP contribution in [0, 0.1) is 5.92 Å². The van der Waals surface area contributed by atoms with Crippen LogP contribution in [0.3, 0.4) is 0 Å². The molecule has 0 unspecified atom stereocenters. The van der Waals surface area contributed by atoms with Crippen LogP contribution in [-0.2, 0) is 4.79 Å². The number of carbonyl (C=O) groups is 1. The Morgan fingerprint density at radius 2 is 1.54 bits per heavy atom. The molecule has 74 valence electrons. The monoisotopic (exact) mass is 180 g/mol.